The van der Waals surface area contributed by atoms with Gasteiger partial charge in [0.15, 0.2) is 0 Å². The lowest BCUT2D eigenvalue weighted by atomic mass is 10.1. The lowest BCUT2D eigenvalue weighted by molar-refractivity contribution is -0.135. The normalized spacial score (nSPS) is 16.8. The number of hydrogen-bond acceptors (Lipinski definition) is 5. The van der Waals surface area contributed by atoms with E-state index in [1.807, 2.05) is 13.8 Å². The Morgan fingerprint density at radius 2 is 1.82 bits per heavy atom. The fourth-order valence-corrected chi connectivity index (χ4v) is 1.77. The van der Waals surface area contributed by atoms with Crippen molar-refractivity contribution in [3.05, 3.63) is 17.0 Å². The van der Waals surface area contributed by atoms with Gasteiger partial charge in [0, 0.05) is 5.56 Å². The number of nitrogens with zero attached hydrogens (tertiary/aromatic N) is 2. The average molecular weight is 236 g/mol. The standard InChI is InChI=1S/C10H12N4O3/c1-4(7-5(2)14-17-6(7)3)11-10-12-8(15)9(16)13-10/h4H,1-3H3,(H2,11,12,13,15,16). The van der Waals surface area contributed by atoms with Gasteiger partial charge >= 0.3 is 11.8 Å². The molecule has 2 heterocycles. The highest BCUT2D eigenvalue weighted by Crippen LogP contribution is 2.23. The number of aryl methyl sites for hydroxylation is 2. The van der Waals surface area contributed by atoms with Gasteiger partial charge in [-0.25, -0.2) is 4.99 Å². The molecule has 1 saturated heterocycles. The van der Waals surface area contributed by atoms with Gasteiger partial charge in [-0.2, -0.15) is 0 Å². The van der Waals surface area contributed by atoms with Crippen molar-refractivity contribution in [3.63, 3.8) is 0 Å². The van der Waals surface area contributed by atoms with Crippen LogP contribution in [-0.4, -0.2) is 22.9 Å². The summed E-state index contributed by atoms with van der Waals surface area (Å²) in [6.45, 7) is 5.43. The smallest absolute Gasteiger partial charge is 0.316 e. The zero-order valence-electron chi connectivity index (χ0n) is 9.70. The molecule has 1 unspecified atom stereocenters. The minimum absolute atomic E-state index is 0.160. The van der Waals surface area contributed by atoms with E-state index in [1.165, 1.54) is 0 Å². The molecule has 90 valence electrons. The minimum Gasteiger partial charge on any atom is -0.361 e. The molecule has 2 amide bonds. The van der Waals surface area contributed by atoms with Crippen LogP contribution in [0.25, 0.3) is 0 Å². The molecule has 0 radical (unpaired) electrons. The predicted octanol–water partition coefficient (Wildman–Crippen LogP) is -0.0456. The molecule has 1 aromatic heterocycles. The van der Waals surface area contributed by atoms with Gasteiger partial charge in [0.2, 0.25) is 5.96 Å². The first-order valence-electron chi connectivity index (χ1n) is 5.12. The SMILES string of the molecule is Cc1noc(C)c1C(C)N=C1NC(=O)C(=O)N1. The topological polar surface area (TPSA) is 96.6 Å². The van der Waals surface area contributed by atoms with E-state index in [-0.39, 0.29) is 12.0 Å². The van der Waals surface area contributed by atoms with Gasteiger partial charge in [-0.1, -0.05) is 5.16 Å². The molecule has 0 aromatic carbocycles. The highest BCUT2D eigenvalue weighted by molar-refractivity contribution is 6.45. The van der Waals surface area contributed by atoms with Crippen LogP contribution in [0.1, 0.15) is 30.0 Å². The molecule has 2 rings (SSSR count). The van der Waals surface area contributed by atoms with Crippen molar-refractivity contribution in [2.24, 2.45) is 4.99 Å². The lowest BCUT2D eigenvalue weighted by Gasteiger charge is -2.06. The van der Waals surface area contributed by atoms with Crippen LogP contribution in [-0.2, 0) is 9.59 Å². The van der Waals surface area contributed by atoms with E-state index >= 15 is 0 Å². The fourth-order valence-electron chi connectivity index (χ4n) is 1.77. The van der Waals surface area contributed by atoms with Gasteiger partial charge in [0.25, 0.3) is 0 Å². The quantitative estimate of drug-likeness (QED) is 0.704. The van der Waals surface area contributed by atoms with Gasteiger partial charge in [0.05, 0.1) is 11.7 Å². The number of nitrogens with one attached hydrogen (secondary N) is 2. The first kappa shape index (κ1) is 11.3. The summed E-state index contributed by atoms with van der Waals surface area (Å²) in [4.78, 5) is 26.1. The van der Waals surface area contributed by atoms with Crippen molar-refractivity contribution in [2.75, 3.05) is 0 Å². The maximum Gasteiger partial charge on any atom is 0.316 e. The van der Waals surface area contributed by atoms with Crippen molar-refractivity contribution < 1.29 is 14.1 Å². The van der Waals surface area contributed by atoms with E-state index in [9.17, 15) is 9.59 Å². The molecule has 1 fully saturated rings. The number of hydrogen-bond donors (Lipinski definition) is 2. The largest absolute Gasteiger partial charge is 0.361 e. The van der Waals surface area contributed by atoms with Crippen LogP contribution in [0.5, 0.6) is 0 Å². The molecule has 7 heteroatoms. The van der Waals surface area contributed by atoms with E-state index in [4.69, 9.17) is 4.52 Å². The van der Waals surface area contributed by atoms with Gasteiger partial charge in [-0.15, -0.1) is 0 Å². The molecule has 0 spiro atoms. The molecule has 7 nitrogen and oxygen atoms in total. The molecule has 17 heavy (non-hydrogen) atoms. The van der Waals surface area contributed by atoms with E-state index in [0.717, 1.165) is 11.3 Å². The van der Waals surface area contributed by atoms with Crippen molar-refractivity contribution in [1.82, 2.24) is 15.8 Å². The predicted molar refractivity (Wildman–Crippen MR) is 58.1 cm³/mol. The molecular formula is C10H12N4O3. The van der Waals surface area contributed by atoms with Gasteiger partial charge in [-0.3, -0.25) is 20.2 Å². The summed E-state index contributed by atoms with van der Waals surface area (Å²) in [7, 11) is 0. The minimum atomic E-state index is -0.699. The maximum absolute atomic E-state index is 11.0. The highest BCUT2D eigenvalue weighted by atomic mass is 16.5. The Bertz CT molecular complexity index is 480. The van der Waals surface area contributed by atoms with Gasteiger partial charge in [-0.05, 0) is 20.8 Å². The molecule has 1 aliphatic heterocycles. The molecular weight excluding hydrogens is 224 g/mol. The number of carbonyl (C=O) groups is 2. The second-order valence-corrected chi connectivity index (χ2v) is 3.80. The Kier molecular flexibility index (Phi) is 2.66. The fraction of sp³-hybridized carbons (Fsp3) is 0.400. The number of aromatic nitrogens is 1. The molecule has 1 aromatic rings. The van der Waals surface area contributed by atoms with Crippen molar-refractivity contribution >= 4 is 17.8 Å². The van der Waals surface area contributed by atoms with Crippen LogP contribution in [0.3, 0.4) is 0 Å². The number of guanidine groups is 1. The summed E-state index contributed by atoms with van der Waals surface area (Å²) < 4.78 is 5.03. The van der Waals surface area contributed by atoms with E-state index in [0.29, 0.717) is 5.76 Å². The Labute approximate surface area is 97.3 Å². The number of carbonyl (C=O) groups excluding carboxylic acids is 2. The summed E-state index contributed by atoms with van der Waals surface area (Å²) in [5, 5.41) is 8.49. The first-order chi connectivity index (χ1) is 7.99. The molecule has 2 N–H and O–H groups in total. The van der Waals surface area contributed by atoms with Gasteiger partial charge in [0.1, 0.15) is 5.76 Å². The van der Waals surface area contributed by atoms with Crippen LogP contribution in [0.15, 0.2) is 9.52 Å². The maximum atomic E-state index is 11.0. The number of rotatable bonds is 2. The van der Waals surface area contributed by atoms with E-state index in [1.54, 1.807) is 6.92 Å². The molecule has 1 aliphatic rings. The van der Waals surface area contributed by atoms with E-state index < -0.39 is 11.8 Å². The summed E-state index contributed by atoms with van der Waals surface area (Å²) in [5.74, 6) is -0.563. The van der Waals surface area contributed by atoms with E-state index in [2.05, 4.69) is 20.8 Å². The Morgan fingerprint density at radius 1 is 1.24 bits per heavy atom. The highest BCUT2D eigenvalue weighted by Gasteiger charge is 2.26. The monoisotopic (exact) mass is 236 g/mol. The molecule has 1 atom stereocenters. The summed E-state index contributed by atoms with van der Waals surface area (Å²) in [6, 6.07) is -0.255. The third-order valence-corrected chi connectivity index (χ3v) is 2.50. The third-order valence-electron chi connectivity index (χ3n) is 2.50. The molecule has 0 saturated carbocycles. The van der Waals surface area contributed by atoms with Crippen molar-refractivity contribution in [3.8, 4) is 0 Å². The Hall–Kier alpha value is -2.18. The molecule has 0 aliphatic carbocycles. The van der Waals surface area contributed by atoms with Crippen LogP contribution in [0.4, 0.5) is 0 Å². The summed E-state index contributed by atoms with van der Waals surface area (Å²) in [5.41, 5.74) is 1.60. The second kappa shape index (κ2) is 4.00. The Balaban J connectivity index is 2.23. The third kappa shape index (κ3) is 2.03. The number of aliphatic imine (C=N–C) groups is 1. The number of amides is 2. The van der Waals surface area contributed by atoms with Crippen LogP contribution < -0.4 is 10.6 Å². The summed E-state index contributed by atoms with van der Waals surface area (Å²) >= 11 is 0. The lowest BCUT2D eigenvalue weighted by Crippen LogP contribution is -2.26. The second-order valence-electron chi connectivity index (χ2n) is 3.80. The van der Waals surface area contributed by atoms with Gasteiger partial charge < -0.3 is 4.52 Å². The molecule has 0 bridgehead atoms. The Morgan fingerprint density at radius 3 is 2.29 bits per heavy atom. The zero-order valence-corrected chi connectivity index (χ0v) is 9.70. The summed E-state index contributed by atoms with van der Waals surface area (Å²) in [6.07, 6.45) is 0. The van der Waals surface area contributed by atoms with Crippen molar-refractivity contribution in [1.29, 1.82) is 0 Å². The zero-order chi connectivity index (χ0) is 12.6. The average Bonchev–Trinajstić information content (AvgIpc) is 2.72. The van der Waals surface area contributed by atoms with Crippen molar-refractivity contribution in [2.45, 2.75) is 26.8 Å². The van der Waals surface area contributed by atoms with Crippen LogP contribution in [0.2, 0.25) is 0 Å². The van der Waals surface area contributed by atoms with Crippen LogP contribution >= 0.6 is 0 Å². The van der Waals surface area contributed by atoms with Crippen LogP contribution in [0, 0.1) is 13.8 Å². The first-order valence-corrected chi connectivity index (χ1v) is 5.12.